The van der Waals surface area contributed by atoms with Crippen LogP contribution in [0.25, 0.3) is 0 Å². The standard InChI is InChI=1S/C16H21N3/c1-19(12-14-5-4-10-18-11-14)13-16-7-3-2-6-15(16)8-9-17/h2-7,10-11H,8-9,12-13,17H2,1H3. The fourth-order valence-electron chi connectivity index (χ4n) is 2.26. The molecule has 0 bridgehead atoms. The summed E-state index contributed by atoms with van der Waals surface area (Å²) in [6.45, 7) is 2.54. The average Bonchev–Trinajstić information content (AvgIpc) is 2.42. The smallest absolute Gasteiger partial charge is 0.0312 e. The Morgan fingerprint density at radius 3 is 2.53 bits per heavy atom. The van der Waals surface area contributed by atoms with Crippen LogP contribution in [-0.4, -0.2) is 23.5 Å². The molecule has 2 rings (SSSR count). The first-order chi connectivity index (χ1) is 9.29. The van der Waals surface area contributed by atoms with Gasteiger partial charge in [-0.1, -0.05) is 30.3 Å². The first kappa shape index (κ1) is 13.7. The van der Waals surface area contributed by atoms with Gasteiger partial charge in [0.05, 0.1) is 0 Å². The minimum absolute atomic E-state index is 0.698. The Bertz CT molecular complexity index is 496. The van der Waals surface area contributed by atoms with Crippen molar-refractivity contribution in [2.75, 3.05) is 13.6 Å². The summed E-state index contributed by atoms with van der Waals surface area (Å²) in [4.78, 5) is 6.45. The van der Waals surface area contributed by atoms with E-state index in [1.807, 2.05) is 12.3 Å². The van der Waals surface area contributed by atoms with E-state index in [1.165, 1.54) is 16.7 Å². The number of nitrogens with two attached hydrogens (primary N) is 1. The zero-order valence-corrected chi connectivity index (χ0v) is 11.4. The summed E-state index contributed by atoms with van der Waals surface area (Å²) in [6, 6.07) is 12.6. The van der Waals surface area contributed by atoms with E-state index in [2.05, 4.69) is 47.3 Å². The molecule has 1 aromatic heterocycles. The summed E-state index contributed by atoms with van der Waals surface area (Å²) in [5.41, 5.74) is 9.61. The maximum absolute atomic E-state index is 5.66. The van der Waals surface area contributed by atoms with E-state index < -0.39 is 0 Å². The summed E-state index contributed by atoms with van der Waals surface area (Å²) < 4.78 is 0. The lowest BCUT2D eigenvalue weighted by Gasteiger charge is -2.18. The van der Waals surface area contributed by atoms with Crippen LogP contribution in [0.4, 0.5) is 0 Å². The van der Waals surface area contributed by atoms with Gasteiger partial charge >= 0.3 is 0 Å². The lowest BCUT2D eigenvalue weighted by molar-refractivity contribution is 0.317. The maximum Gasteiger partial charge on any atom is 0.0312 e. The highest BCUT2D eigenvalue weighted by molar-refractivity contribution is 5.27. The maximum atomic E-state index is 5.66. The highest BCUT2D eigenvalue weighted by Crippen LogP contribution is 2.13. The Labute approximate surface area is 115 Å². The van der Waals surface area contributed by atoms with Gasteiger partial charge in [0, 0.05) is 25.5 Å². The number of rotatable bonds is 6. The monoisotopic (exact) mass is 255 g/mol. The molecule has 0 atom stereocenters. The molecule has 0 aliphatic heterocycles. The number of aromatic nitrogens is 1. The van der Waals surface area contributed by atoms with E-state index in [1.54, 1.807) is 6.20 Å². The first-order valence-corrected chi connectivity index (χ1v) is 6.64. The van der Waals surface area contributed by atoms with Crippen molar-refractivity contribution in [2.45, 2.75) is 19.5 Å². The zero-order chi connectivity index (χ0) is 13.5. The largest absolute Gasteiger partial charge is 0.330 e. The second kappa shape index (κ2) is 7.02. The van der Waals surface area contributed by atoms with Crippen LogP contribution < -0.4 is 5.73 Å². The van der Waals surface area contributed by atoms with E-state index in [0.29, 0.717) is 6.54 Å². The van der Waals surface area contributed by atoms with Gasteiger partial charge < -0.3 is 5.73 Å². The van der Waals surface area contributed by atoms with Crippen molar-refractivity contribution in [3.05, 3.63) is 65.5 Å². The summed E-state index contributed by atoms with van der Waals surface area (Å²) in [5.74, 6) is 0. The van der Waals surface area contributed by atoms with Gasteiger partial charge in [0.2, 0.25) is 0 Å². The van der Waals surface area contributed by atoms with Crippen molar-refractivity contribution in [3.8, 4) is 0 Å². The molecule has 1 aromatic carbocycles. The van der Waals surface area contributed by atoms with Crippen molar-refractivity contribution < 1.29 is 0 Å². The van der Waals surface area contributed by atoms with Crippen LogP contribution in [-0.2, 0) is 19.5 Å². The van der Waals surface area contributed by atoms with Crippen molar-refractivity contribution in [1.29, 1.82) is 0 Å². The average molecular weight is 255 g/mol. The first-order valence-electron chi connectivity index (χ1n) is 6.64. The molecule has 3 heteroatoms. The fraction of sp³-hybridized carbons (Fsp3) is 0.312. The highest BCUT2D eigenvalue weighted by atomic mass is 15.1. The second-order valence-electron chi connectivity index (χ2n) is 4.84. The van der Waals surface area contributed by atoms with E-state index in [9.17, 15) is 0 Å². The third-order valence-corrected chi connectivity index (χ3v) is 3.15. The Morgan fingerprint density at radius 2 is 1.84 bits per heavy atom. The lowest BCUT2D eigenvalue weighted by atomic mass is 10.0. The summed E-state index contributed by atoms with van der Waals surface area (Å²) >= 11 is 0. The van der Waals surface area contributed by atoms with Crippen LogP contribution in [0.3, 0.4) is 0 Å². The van der Waals surface area contributed by atoms with Gasteiger partial charge in [-0.15, -0.1) is 0 Å². The van der Waals surface area contributed by atoms with E-state index in [0.717, 1.165) is 19.5 Å². The Hall–Kier alpha value is -1.71. The van der Waals surface area contributed by atoms with Gasteiger partial charge in [-0.2, -0.15) is 0 Å². The van der Waals surface area contributed by atoms with Crippen molar-refractivity contribution in [1.82, 2.24) is 9.88 Å². The van der Waals surface area contributed by atoms with Crippen molar-refractivity contribution >= 4 is 0 Å². The van der Waals surface area contributed by atoms with Gasteiger partial charge in [0.1, 0.15) is 0 Å². The molecule has 0 radical (unpaired) electrons. The molecule has 1 heterocycles. The van der Waals surface area contributed by atoms with Crippen LogP contribution in [0.2, 0.25) is 0 Å². The highest BCUT2D eigenvalue weighted by Gasteiger charge is 2.05. The summed E-state index contributed by atoms with van der Waals surface area (Å²) in [7, 11) is 2.13. The number of benzene rings is 1. The minimum Gasteiger partial charge on any atom is -0.330 e. The zero-order valence-electron chi connectivity index (χ0n) is 11.4. The third kappa shape index (κ3) is 4.16. The van der Waals surface area contributed by atoms with E-state index >= 15 is 0 Å². The topological polar surface area (TPSA) is 42.2 Å². The van der Waals surface area contributed by atoms with Crippen molar-refractivity contribution in [3.63, 3.8) is 0 Å². The van der Waals surface area contributed by atoms with Crippen LogP contribution in [0, 0.1) is 0 Å². The molecule has 2 aromatic rings. The summed E-state index contributed by atoms with van der Waals surface area (Å²) in [6.07, 6.45) is 4.67. The fourth-order valence-corrected chi connectivity index (χ4v) is 2.26. The molecule has 0 aliphatic rings. The van der Waals surface area contributed by atoms with Crippen LogP contribution in [0.1, 0.15) is 16.7 Å². The van der Waals surface area contributed by atoms with Crippen LogP contribution in [0.5, 0.6) is 0 Å². The molecule has 0 spiro atoms. The third-order valence-electron chi connectivity index (χ3n) is 3.15. The van der Waals surface area contributed by atoms with Crippen LogP contribution >= 0.6 is 0 Å². The molecule has 3 nitrogen and oxygen atoms in total. The predicted molar refractivity (Wildman–Crippen MR) is 78.6 cm³/mol. The van der Waals surface area contributed by atoms with Gasteiger partial charge in [0.25, 0.3) is 0 Å². The Morgan fingerprint density at radius 1 is 1.05 bits per heavy atom. The molecule has 0 saturated carbocycles. The van der Waals surface area contributed by atoms with Gasteiger partial charge in [-0.3, -0.25) is 9.88 Å². The molecule has 0 fully saturated rings. The lowest BCUT2D eigenvalue weighted by Crippen LogP contribution is -2.18. The molecular weight excluding hydrogens is 234 g/mol. The summed E-state index contributed by atoms with van der Waals surface area (Å²) in [5, 5.41) is 0. The molecule has 100 valence electrons. The van der Waals surface area contributed by atoms with Gasteiger partial charge in [0.15, 0.2) is 0 Å². The molecule has 19 heavy (non-hydrogen) atoms. The predicted octanol–water partition coefficient (Wildman–Crippen LogP) is 2.21. The molecular formula is C16H21N3. The van der Waals surface area contributed by atoms with Gasteiger partial charge in [-0.25, -0.2) is 0 Å². The molecule has 0 unspecified atom stereocenters. The molecule has 0 aliphatic carbocycles. The Balaban J connectivity index is 2.00. The van der Waals surface area contributed by atoms with E-state index in [-0.39, 0.29) is 0 Å². The normalized spacial score (nSPS) is 10.9. The SMILES string of the molecule is CN(Cc1cccnc1)Cc1ccccc1CCN. The Kier molecular flexibility index (Phi) is 5.07. The number of nitrogens with zero attached hydrogens (tertiary/aromatic N) is 2. The minimum atomic E-state index is 0.698. The second-order valence-corrected chi connectivity index (χ2v) is 4.84. The number of pyridine rings is 1. The molecule has 0 saturated heterocycles. The molecule has 2 N–H and O–H groups in total. The number of hydrogen-bond acceptors (Lipinski definition) is 3. The van der Waals surface area contributed by atoms with E-state index in [4.69, 9.17) is 5.73 Å². The van der Waals surface area contributed by atoms with Crippen LogP contribution in [0.15, 0.2) is 48.8 Å². The number of hydrogen-bond donors (Lipinski definition) is 1. The molecule has 0 amide bonds. The van der Waals surface area contributed by atoms with Crippen molar-refractivity contribution in [2.24, 2.45) is 5.73 Å². The quantitative estimate of drug-likeness (QED) is 0.860. The van der Waals surface area contributed by atoms with Gasteiger partial charge in [-0.05, 0) is 42.8 Å².